The highest BCUT2D eigenvalue weighted by molar-refractivity contribution is 5.87. The molecule has 3 heteroatoms. The van der Waals surface area contributed by atoms with Crippen molar-refractivity contribution in [3.8, 4) is 0 Å². The maximum absolute atomic E-state index is 5.87. The van der Waals surface area contributed by atoms with Crippen molar-refractivity contribution >= 4 is 16.8 Å². The molecule has 0 atom stereocenters. The monoisotopic (exact) mass is 501 g/mol. The summed E-state index contributed by atoms with van der Waals surface area (Å²) >= 11 is 0. The van der Waals surface area contributed by atoms with Crippen LogP contribution in [0, 0.1) is 6.92 Å². The van der Waals surface area contributed by atoms with E-state index < -0.39 is 0 Å². The average Bonchev–Trinajstić information content (AvgIpc) is 2.96. The molecule has 0 radical (unpaired) electrons. The van der Waals surface area contributed by atoms with Gasteiger partial charge in [0.05, 0.1) is 0 Å². The van der Waals surface area contributed by atoms with Crippen LogP contribution >= 0.6 is 0 Å². The van der Waals surface area contributed by atoms with E-state index in [0.717, 1.165) is 40.9 Å². The first-order chi connectivity index (χ1) is 18.6. The van der Waals surface area contributed by atoms with Crippen LogP contribution in [0.15, 0.2) is 109 Å². The smallest absolute Gasteiger partial charge is 0.0372 e. The van der Waals surface area contributed by atoms with Gasteiger partial charge in [0.25, 0.3) is 0 Å². The molecule has 0 fully saturated rings. The summed E-state index contributed by atoms with van der Waals surface area (Å²) in [5, 5.41) is 0. The van der Waals surface area contributed by atoms with E-state index in [1.807, 2.05) is 0 Å². The number of nitrogens with two attached hydrogens (primary N) is 2. The van der Waals surface area contributed by atoms with Gasteiger partial charge in [0.2, 0.25) is 0 Å². The quantitative estimate of drug-likeness (QED) is 0.224. The van der Waals surface area contributed by atoms with Gasteiger partial charge in [-0.25, -0.2) is 0 Å². The van der Waals surface area contributed by atoms with E-state index in [-0.39, 0.29) is 0 Å². The van der Waals surface area contributed by atoms with Crippen LogP contribution in [0.5, 0.6) is 0 Å². The molecule has 0 aromatic heterocycles. The lowest BCUT2D eigenvalue weighted by Gasteiger charge is -2.22. The minimum Gasteiger partial charge on any atom is -0.372 e. The van der Waals surface area contributed by atoms with Gasteiger partial charge in [-0.1, -0.05) is 103 Å². The normalized spacial score (nSPS) is 11.3. The molecule has 4 aromatic carbocycles. The Hall–Kier alpha value is -3.92. The van der Waals surface area contributed by atoms with E-state index in [0.29, 0.717) is 13.1 Å². The van der Waals surface area contributed by atoms with Gasteiger partial charge in [0, 0.05) is 31.9 Å². The van der Waals surface area contributed by atoms with Gasteiger partial charge in [0.15, 0.2) is 0 Å². The van der Waals surface area contributed by atoms with Crippen molar-refractivity contribution in [3.05, 3.63) is 148 Å². The molecular weight excluding hydrogens is 462 g/mol. The van der Waals surface area contributed by atoms with E-state index in [1.165, 1.54) is 28.0 Å². The molecular formula is C35H39N3. The number of nitrogens with zero attached hydrogens (tertiary/aromatic N) is 1. The molecule has 4 aromatic rings. The number of anilines is 1. The van der Waals surface area contributed by atoms with Gasteiger partial charge in [-0.3, -0.25) is 0 Å². The van der Waals surface area contributed by atoms with Gasteiger partial charge in [-0.15, -0.1) is 0 Å². The summed E-state index contributed by atoms with van der Waals surface area (Å²) in [6.45, 7) is 9.57. The zero-order chi connectivity index (χ0) is 26.9. The molecule has 0 unspecified atom stereocenters. The van der Waals surface area contributed by atoms with E-state index in [4.69, 9.17) is 11.5 Å². The van der Waals surface area contributed by atoms with Gasteiger partial charge in [0.1, 0.15) is 0 Å². The topological polar surface area (TPSA) is 55.3 Å². The first-order valence-corrected chi connectivity index (χ1v) is 13.5. The number of rotatable bonds is 10. The molecule has 4 rings (SSSR count). The summed E-state index contributed by atoms with van der Waals surface area (Å²) in [7, 11) is 0. The Kier molecular flexibility index (Phi) is 9.31. The Bertz CT molecular complexity index is 1340. The fourth-order valence-electron chi connectivity index (χ4n) is 4.80. The first kappa shape index (κ1) is 27.1. The molecule has 4 N–H and O–H groups in total. The van der Waals surface area contributed by atoms with Crippen molar-refractivity contribution in [3.63, 3.8) is 0 Å². The highest BCUT2D eigenvalue weighted by Crippen LogP contribution is 2.30. The summed E-state index contributed by atoms with van der Waals surface area (Å²) in [6.07, 6.45) is 4.51. The maximum Gasteiger partial charge on any atom is 0.0372 e. The predicted molar refractivity (Wildman–Crippen MR) is 164 cm³/mol. The number of hydrogen-bond acceptors (Lipinski definition) is 3. The molecule has 3 nitrogen and oxygen atoms in total. The van der Waals surface area contributed by atoms with Crippen LogP contribution in [0.1, 0.15) is 52.8 Å². The molecule has 0 saturated heterocycles. The molecule has 0 heterocycles. The first-order valence-electron chi connectivity index (χ1n) is 13.5. The van der Waals surface area contributed by atoms with Crippen molar-refractivity contribution in [1.29, 1.82) is 0 Å². The second-order valence-corrected chi connectivity index (χ2v) is 9.55. The van der Waals surface area contributed by atoms with E-state index in [2.05, 4.69) is 135 Å². The Morgan fingerprint density at radius 3 is 1.55 bits per heavy atom. The predicted octanol–water partition coefficient (Wildman–Crippen LogP) is 7.32. The molecule has 0 saturated carbocycles. The highest BCUT2D eigenvalue weighted by Gasteiger charge is 2.10. The second-order valence-electron chi connectivity index (χ2n) is 9.55. The van der Waals surface area contributed by atoms with Crippen LogP contribution in [-0.2, 0) is 13.1 Å². The van der Waals surface area contributed by atoms with Crippen LogP contribution in [0.3, 0.4) is 0 Å². The number of allylic oxidation sites excluding steroid dienone is 2. The SMILES string of the molecule is CCN(CC)c1cccc(C(=CC=C(c2ccc(CN)cc2)c2ccc(CN)cc2)c2cccc(C)c2)c1. The number of benzene rings is 4. The number of aryl methyl sites for hydroxylation is 1. The van der Waals surface area contributed by atoms with Crippen molar-refractivity contribution in [2.24, 2.45) is 11.5 Å². The third-order valence-corrected chi connectivity index (χ3v) is 7.03. The molecule has 0 aliphatic rings. The van der Waals surface area contributed by atoms with Crippen LogP contribution in [0.2, 0.25) is 0 Å². The molecule has 0 aliphatic heterocycles. The minimum absolute atomic E-state index is 0.533. The summed E-state index contributed by atoms with van der Waals surface area (Å²) < 4.78 is 0. The van der Waals surface area contributed by atoms with Crippen molar-refractivity contribution < 1.29 is 0 Å². The van der Waals surface area contributed by atoms with Gasteiger partial charge in [-0.05, 0) is 77.4 Å². The largest absolute Gasteiger partial charge is 0.372 e. The summed E-state index contributed by atoms with van der Waals surface area (Å²) in [6, 6.07) is 34.7. The minimum atomic E-state index is 0.533. The molecule has 194 valence electrons. The van der Waals surface area contributed by atoms with E-state index in [9.17, 15) is 0 Å². The highest BCUT2D eigenvalue weighted by atomic mass is 15.1. The lowest BCUT2D eigenvalue weighted by atomic mass is 9.92. The third-order valence-electron chi connectivity index (χ3n) is 7.03. The Labute approximate surface area is 228 Å². The molecule has 0 amide bonds. The second kappa shape index (κ2) is 13.0. The lowest BCUT2D eigenvalue weighted by Crippen LogP contribution is -2.21. The Morgan fingerprint density at radius 2 is 1.08 bits per heavy atom. The molecule has 0 aliphatic carbocycles. The lowest BCUT2D eigenvalue weighted by molar-refractivity contribution is 0.866. The van der Waals surface area contributed by atoms with Crippen LogP contribution in [-0.4, -0.2) is 13.1 Å². The Balaban J connectivity index is 1.89. The Morgan fingerprint density at radius 1 is 0.605 bits per heavy atom. The van der Waals surface area contributed by atoms with E-state index >= 15 is 0 Å². The molecule has 0 spiro atoms. The molecule has 38 heavy (non-hydrogen) atoms. The fourth-order valence-corrected chi connectivity index (χ4v) is 4.80. The summed E-state index contributed by atoms with van der Waals surface area (Å²) in [5.41, 5.74) is 23.5. The zero-order valence-corrected chi connectivity index (χ0v) is 22.8. The van der Waals surface area contributed by atoms with Gasteiger partial charge < -0.3 is 16.4 Å². The third kappa shape index (κ3) is 6.49. The summed E-state index contributed by atoms with van der Waals surface area (Å²) in [4.78, 5) is 2.39. The zero-order valence-electron chi connectivity index (χ0n) is 22.8. The standard InChI is InChI=1S/C35H39N3/c1-4-38(5-2)33-11-7-10-32(23-33)35(31-9-6-8-26(3)22-31)21-20-34(29-16-12-27(24-36)13-17-29)30-18-14-28(25-37)15-19-30/h6-23H,4-5,24-25,36-37H2,1-3H3. The maximum atomic E-state index is 5.87. The van der Waals surface area contributed by atoms with Gasteiger partial charge >= 0.3 is 0 Å². The van der Waals surface area contributed by atoms with Crippen molar-refractivity contribution in [2.45, 2.75) is 33.9 Å². The van der Waals surface area contributed by atoms with Crippen molar-refractivity contribution in [1.82, 2.24) is 0 Å². The summed E-state index contributed by atoms with van der Waals surface area (Å²) in [5.74, 6) is 0. The van der Waals surface area contributed by atoms with E-state index in [1.54, 1.807) is 0 Å². The average molecular weight is 502 g/mol. The van der Waals surface area contributed by atoms with Crippen LogP contribution in [0.25, 0.3) is 11.1 Å². The van der Waals surface area contributed by atoms with Crippen molar-refractivity contribution in [2.75, 3.05) is 18.0 Å². The van der Waals surface area contributed by atoms with Gasteiger partial charge in [-0.2, -0.15) is 0 Å². The van der Waals surface area contributed by atoms with Crippen LogP contribution in [0.4, 0.5) is 5.69 Å². The van der Waals surface area contributed by atoms with Crippen LogP contribution < -0.4 is 16.4 Å². The number of hydrogen-bond donors (Lipinski definition) is 2. The fraction of sp³-hybridized carbons (Fsp3) is 0.200. The molecule has 0 bridgehead atoms.